The SMILES string of the molecule is COc1cccc(C(CNC(=O)c2cc(-c3ccco3)on2)N2CCCCC2)c1. The van der Waals surface area contributed by atoms with Crippen molar-refractivity contribution in [3.63, 3.8) is 0 Å². The Morgan fingerprint density at radius 3 is 2.79 bits per heavy atom. The first-order valence-electron chi connectivity index (χ1n) is 9.91. The fourth-order valence-corrected chi connectivity index (χ4v) is 3.73. The van der Waals surface area contributed by atoms with Gasteiger partial charge >= 0.3 is 0 Å². The van der Waals surface area contributed by atoms with Gasteiger partial charge in [0.1, 0.15) is 5.75 Å². The molecule has 3 aromatic rings. The number of methoxy groups -OCH3 is 1. The maximum absolute atomic E-state index is 12.7. The van der Waals surface area contributed by atoms with Gasteiger partial charge in [0, 0.05) is 12.6 Å². The van der Waals surface area contributed by atoms with Crippen molar-refractivity contribution in [2.75, 3.05) is 26.7 Å². The number of hydrogen-bond donors (Lipinski definition) is 1. The number of carbonyl (C=O) groups excluding carboxylic acids is 1. The lowest BCUT2D eigenvalue weighted by atomic mass is 10.0. The molecule has 0 spiro atoms. The Morgan fingerprint density at radius 2 is 2.03 bits per heavy atom. The lowest BCUT2D eigenvalue weighted by Crippen LogP contribution is -2.40. The van der Waals surface area contributed by atoms with Crippen LogP contribution in [0.4, 0.5) is 0 Å². The van der Waals surface area contributed by atoms with E-state index in [1.165, 1.54) is 19.3 Å². The fourth-order valence-electron chi connectivity index (χ4n) is 3.73. The van der Waals surface area contributed by atoms with Gasteiger partial charge in [-0.3, -0.25) is 9.69 Å². The number of aromatic nitrogens is 1. The molecule has 1 N–H and O–H groups in total. The molecule has 1 aromatic carbocycles. The molecule has 0 saturated carbocycles. The first-order chi connectivity index (χ1) is 14.2. The van der Waals surface area contributed by atoms with E-state index in [0.29, 0.717) is 18.1 Å². The van der Waals surface area contributed by atoms with E-state index in [1.54, 1.807) is 31.6 Å². The monoisotopic (exact) mass is 395 g/mol. The Bertz CT molecular complexity index is 929. The number of hydrogen-bond acceptors (Lipinski definition) is 6. The first kappa shape index (κ1) is 19.3. The molecular weight excluding hydrogens is 370 g/mol. The molecule has 1 aliphatic heterocycles. The summed E-state index contributed by atoms with van der Waals surface area (Å²) in [5.74, 6) is 1.52. The number of furan rings is 1. The summed E-state index contributed by atoms with van der Waals surface area (Å²) >= 11 is 0. The molecule has 0 aliphatic carbocycles. The first-order valence-corrected chi connectivity index (χ1v) is 9.91. The normalized spacial score (nSPS) is 15.8. The number of rotatable bonds is 7. The van der Waals surface area contributed by atoms with Crippen LogP contribution in [-0.4, -0.2) is 42.7 Å². The molecule has 1 amide bonds. The molecule has 2 aromatic heterocycles. The van der Waals surface area contributed by atoms with Crippen molar-refractivity contribution in [3.8, 4) is 17.3 Å². The smallest absolute Gasteiger partial charge is 0.273 e. The van der Waals surface area contributed by atoms with Gasteiger partial charge in [-0.05, 0) is 55.8 Å². The zero-order valence-corrected chi connectivity index (χ0v) is 16.5. The van der Waals surface area contributed by atoms with Crippen LogP contribution in [0, 0.1) is 0 Å². The third-order valence-corrected chi connectivity index (χ3v) is 5.27. The number of nitrogens with zero attached hydrogens (tertiary/aromatic N) is 2. The van der Waals surface area contributed by atoms with E-state index in [0.717, 1.165) is 24.4 Å². The predicted octanol–water partition coefficient (Wildman–Crippen LogP) is 3.90. The molecule has 7 heteroatoms. The van der Waals surface area contributed by atoms with Gasteiger partial charge in [0.2, 0.25) is 5.76 Å². The molecule has 0 radical (unpaired) electrons. The van der Waals surface area contributed by atoms with E-state index >= 15 is 0 Å². The van der Waals surface area contributed by atoms with E-state index in [-0.39, 0.29) is 17.6 Å². The maximum Gasteiger partial charge on any atom is 0.273 e. The quantitative estimate of drug-likeness (QED) is 0.653. The average Bonchev–Trinajstić information content (AvgIpc) is 3.47. The molecule has 0 bridgehead atoms. The van der Waals surface area contributed by atoms with E-state index in [9.17, 15) is 4.79 Å². The molecule has 152 valence electrons. The van der Waals surface area contributed by atoms with E-state index in [4.69, 9.17) is 13.7 Å². The van der Waals surface area contributed by atoms with Crippen molar-refractivity contribution < 1.29 is 18.5 Å². The topological polar surface area (TPSA) is 80.7 Å². The maximum atomic E-state index is 12.7. The summed E-state index contributed by atoms with van der Waals surface area (Å²) < 4.78 is 15.9. The van der Waals surface area contributed by atoms with Gasteiger partial charge in [-0.25, -0.2) is 0 Å². The average molecular weight is 395 g/mol. The molecule has 1 fully saturated rings. The van der Waals surface area contributed by atoms with Crippen molar-refractivity contribution in [1.82, 2.24) is 15.4 Å². The van der Waals surface area contributed by atoms with Crippen LogP contribution in [-0.2, 0) is 0 Å². The molecule has 1 unspecified atom stereocenters. The molecule has 1 atom stereocenters. The Kier molecular flexibility index (Phi) is 5.95. The van der Waals surface area contributed by atoms with Crippen molar-refractivity contribution in [3.05, 3.63) is 60.0 Å². The molecule has 7 nitrogen and oxygen atoms in total. The summed E-state index contributed by atoms with van der Waals surface area (Å²) in [7, 11) is 1.66. The van der Waals surface area contributed by atoms with Crippen LogP contribution < -0.4 is 10.1 Å². The Balaban J connectivity index is 1.48. The third-order valence-electron chi connectivity index (χ3n) is 5.27. The molecule has 3 heterocycles. The van der Waals surface area contributed by atoms with Crippen molar-refractivity contribution in [2.24, 2.45) is 0 Å². The van der Waals surface area contributed by atoms with Gasteiger partial charge in [-0.2, -0.15) is 0 Å². The van der Waals surface area contributed by atoms with Crippen LogP contribution in [0.2, 0.25) is 0 Å². The zero-order chi connectivity index (χ0) is 20.1. The molecular formula is C22H25N3O4. The van der Waals surface area contributed by atoms with Crippen molar-refractivity contribution >= 4 is 5.91 Å². The minimum atomic E-state index is -0.267. The lowest BCUT2D eigenvalue weighted by molar-refractivity contribution is 0.0915. The number of carbonyl (C=O) groups is 1. The van der Waals surface area contributed by atoms with E-state index in [2.05, 4.69) is 21.4 Å². The van der Waals surface area contributed by atoms with Gasteiger partial charge in [-0.15, -0.1) is 0 Å². The summed E-state index contributed by atoms with van der Waals surface area (Å²) in [6, 6.07) is 13.2. The highest BCUT2D eigenvalue weighted by Gasteiger charge is 2.24. The Morgan fingerprint density at radius 1 is 1.17 bits per heavy atom. The van der Waals surface area contributed by atoms with E-state index in [1.807, 2.05) is 18.2 Å². The van der Waals surface area contributed by atoms with Gasteiger partial charge in [0.15, 0.2) is 11.5 Å². The number of benzene rings is 1. The molecule has 1 aliphatic rings. The zero-order valence-electron chi connectivity index (χ0n) is 16.5. The van der Waals surface area contributed by atoms with Gasteiger partial charge < -0.3 is 19.0 Å². The van der Waals surface area contributed by atoms with Crippen molar-refractivity contribution in [2.45, 2.75) is 25.3 Å². The second kappa shape index (κ2) is 8.96. The molecule has 1 saturated heterocycles. The summed E-state index contributed by atoms with van der Waals surface area (Å²) in [5.41, 5.74) is 1.36. The molecule has 4 rings (SSSR count). The van der Waals surface area contributed by atoms with Crippen molar-refractivity contribution in [1.29, 1.82) is 0 Å². The van der Waals surface area contributed by atoms with Crippen LogP contribution in [0.3, 0.4) is 0 Å². The van der Waals surface area contributed by atoms with Gasteiger partial charge in [0.05, 0.1) is 19.4 Å². The van der Waals surface area contributed by atoms with E-state index < -0.39 is 0 Å². The highest BCUT2D eigenvalue weighted by atomic mass is 16.5. The third kappa shape index (κ3) is 4.51. The fraction of sp³-hybridized carbons (Fsp3) is 0.364. The highest BCUT2D eigenvalue weighted by molar-refractivity contribution is 5.92. The lowest BCUT2D eigenvalue weighted by Gasteiger charge is -2.35. The second-order valence-corrected chi connectivity index (χ2v) is 7.15. The Labute approximate surface area is 169 Å². The van der Waals surface area contributed by atoms with Gasteiger partial charge in [0.25, 0.3) is 5.91 Å². The van der Waals surface area contributed by atoms with Crippen LogP contribution in [0.15, 0.2) is 57.7 Å². The Hall–Kier alpha value is -3.06. The predicted molar refractivity (Wildman–Crippen MR) is 108 cm³/mol. The van der Waals surface area contributed by atoms with Crippen LogP contribution in [0.5, 0.6) is 5.75 Å². The van der Waals surface area contributed by atoms with Gasteiger partial charge in [-0.1, -0.05) is 23.7 Å². The summed E-state index contributed by atoms with van der Waals surface area (Å²) in [5, 5.41) is 6.90. The standard InChI is InChI=1S/C22H25N3O4/c1-27-17-8-5-7-16(13-17)19(25-10-3-2-4-11-25)15-23-22(26)18-14-21(29-24-18)20-9-6-12-28-20/h5-9,12-14,19H,2-4,10-11,15H2,1H3,(H,23,26). The summed E-state index contributed by atoms with van der Waals surface area (Å²) in [6.45, 7) is 2.52. The largest absolute Gasteiger partial charge is 0.497 e. The summed E-state index contributed by atoms with van der Waals surface area (Å²) in [6.07, 6.45) is 5.14. The van der Waals surface area contributed by atoms with Crippen LogP contribution in [0.25, 0.3) is 11.5 Å². The number of piperidine rings is 1. The highest BCUT2D eigenvalue weighted by Crippen LogP contribution is 2.27. The minimum absolute atomic E-state index is 0.0748. The number of ether oxygens (including phenoxy) is 1. The number of nitrogens with one attached hydrogen (secondary N) is 1. The minimum Gasteiger partial charge on any atom is -0.497 e. The number of likely N-dealkylation sites (tertiary alicyclic amines) is 1. The summed E-state index contributed by atoms with van der Waals surface area (Å²) in [4.78, 5) is 15.1. The van der Waals surface area contributed by atoms with Crippen LogP contribution in [0.1, 0.15) is 41.4 Å². The van der Waals surface area contributed by atoms with Crippen LogP contribution >= 0.6 is 0 Å². The second-order valence-electron chi connectivity index (χ2n) is 7.15. The number of amides is 1. The molecule has 29 heavy (non-hydrogen) atoms.